The first kappa shape index (κ1) is 23.6. The molecule has 32 heavy (non-hydrogen) atoms. The number of nitriles is 1. The van der Waals surface area contributed by atoms with Gasteiger partial charge in [-0.05, 0) is 54.8 Å². The van der Waals surface area contributed by atoms with E-state index < -0.39 is 5.91 Å². The first-order chi connectivity index (χ1) is 15.3. The number of hydrogen-bond donors (Lipinski definition) is 0. The molecule has 1 aliphatic rings. The summed E-state index contributed by atoms with van der Waals surface area (Å²) in [5.74, 6) is -0.263. The molecule has 0 N–H and O–H groups in total. The van der Waals surface area contributed by atoms with Gasteiger partial charge >= 0.3 is 0 Å². The van der Waals surface area contributed by atoms with Crippen LogP contribution in [0.15, 0.2) is 59.2 Å². The smallest absolute Gasteiger partial charge is 0.271 e. The Morgan fingerprint density at radius 1 is 1.09 bits per heavy atom. The van der Waals surface area contributed by atoms with Crippen molar-refractivity contribution in [2.24, 2.45) is 0 Å². The molecule has 0 spiro atoms. The zero-order valence-corrected chi connectivity index (χ0v) is 19.3. The predicted molar refractivity (Wildman–Crippen MR) is 125 cm³/mol. The van der Waals surface area contributed by atoms with Crippen molar-refractivity contribution in [2.75, 3.05) is 6.54 Å². The van der Waals surface area contributed by atoms with Crippen molar-refractivity contribution >= 4 is 41.1 Å². The maximum Gasteiger partial charge on any atom is 0.271 e. The van der Waals surface area contributed by atoms with E-state index in [0.717, 1.165) is 22.4 Å². The average molecular weight is 469 g/mol. The van der Waals surface area contributed by atoms with Gasteiger partial charge in [0.1, 0.15) is 24.0 Å². The fourth-order valence-electron chi connectivity index (χ4n) is 3.28. The van der Waals surface area contributed by atoms with Crippen LogP contribution in [0.3, 0.4) is 0 Å². The minimum Gasteiger partial charge on any atom is -0.489 e. The van der Waals surface area contributed by atoms with Gasteiger partial charge in [0.25, 0.3) is 11.8 Å². The van der Waals surface area contributed by atoms with Crippen molar-refractivity contribution < 1.29 is 14.3 Å². The summed E-state index contributed by atoms with van der Waals surface area (Å²) >= 11 is 12.1. The molecule has 0 aliphatic carbocycles. The molecule has 0 saturated carbocycles. The topological polar surface area (TPSA) is 70.4 Å². The monoisotopic (exact) mass is 468 g/mol. The van der Waals surface area contributed by atoms with Crippen LogP contribution in [0.1, 0.15) is 37.8 Å². The summed E-state index contributed by atoms with van der Waals surface area (Å²) in [7, 11) is 0. The van der Waals surface area contributed by atoms with Crippen LogP contribution in [-0.4, -0.2) is 23.3 Å². The van der Waals surface area contributed by atoms with E-state index in [1.165, 1.54) is 0 Å². The largest absolute Gasteiger partial charge is 0.489 e. The predicted octanol–water partition coefficient (Wildman–Crippen LogP) is 5.96. The van der Waals surface area contributed by atoms with Gasteiger partial charge in [-0.3, -0.25) is 14.5 Å². The van der Waals surface area contributed by atoms with E-state index in [1.807, 2.05) is 31.2 Å². The zero-order chi connectivity index (χ0) is 23.3. The third-order valence-electron chi connectivity index (χ3n) is 5.16. The van der Waals surface area contributed by atoms with Gasteiger partial charge in [0.05, 0.1) is 0 Å². The summed E-state index contributed by atoms with van der Waals surface area (Å²) in [6.45, 7) is 4.19. The summed E-state index contributed by atoms with van der Waals surface area (Å²) < 4.78 is 5.79. The molecule has 2 aromatic carbocycles. The number of carbonyl (C=O) groups is 2. The van der Waals surface area contributed by atoms with Crippen LogP contribution in [0.2, 0.25) is 10.0 Å². The lowest BCUT2D eigenvalue weighted by atomic mass is 9.93. The van der Waals surface area contributed by atoms with Gasteiger partial charge in [-0.15, -0.1) is 0 Å². The first-order valence-corrected chi connectivity index (χ1v) is 11.0. The highest BCUT2D eigenvalue weighted by Crippen LogP contribution is 2.28. The molecule has 2 amide bonds. The maximum atomic E-state index is 12.9. The number of unbranched alkanes of at least 4 members (excludes halogenated alkanes) is 1. The highest BCUT2D eigenvalue weighted by Gasteiger charge is 2.34. The molecule has 0 atom stereocenters. The van der Waals surface area contributed by atoms with E-state index in [2.05, 4.69) is 0 Å². The maximum absolute atomic E-state index is 12.9. The molecule has 0 radical (unpaired) electrons. The van der Waals surface area contributed by atoms with Crippen molar-refractivity contribution in [1.82, 2.24) is 4.90 Å². The fraction of sp³-hybridized carbons (Fsp3) is 0.240. The molecular weight excluding hydrogens is 447 g/mol. The Labute approximate surface area is 197 Å². The van der Waals surface area contributed by atoms with Gasteiger partial charge < -0.3 is 4.74 Å². The summed E-state index contributed by atoms with van der Waals surface area (Å²) in [6, 6.07) is 14.4. The van der Waals surface area contributed by atoms with Crippen LogP contribution in [0.4, 0.5) is 0 Å². The number of halogens is 2. The van der Waals surface area contributed by atoms with Gasteiger partial charge in [0.2, 0.25) is 0 Å². The Kier molecular flexibility index (Phi) is 7.74. The van der Waals surface area contributed by atoms with Crippen LogP contribution in [-0.2, 0) is 16.2 Å². The summed E-state index contributed by atoms with van der Waals surface area (Å²) in [6.07, 6.45) is 3.22. The van der Waals surface area contributed by atoms with Crippen molar-refractivity contribution in [3.05, 3.63) is 80.4 Å². The SMILES string of the molecule is CCCCN1C(=O)C(C#N)=C(C)/C(=C\c2ccc(OCc3ccc(Cl)cc3Cl)cc2)C1=O. The van der Waals surface area contributed by atoms with Crippen molar-refractivity contribution in [2.45, 2.75) is 33.3 Å². The van der Waals surface area contributed by atoms with E-state index in [4.69, 9.17) is 27.9 Å². The molecule has 0 unspecified atom stereocenters. The summed E-state index contributed by atoms with van der Waals surface area (Å²) in [5.41, 5.74) is 2.32. The number of ether oxygens (including phenoxy) is 1. The second-order valence-electron chi connectivity index (χ2n) is 7.38. The van der Waals surface area contributed by atoms with Crippen molar-refractivity contribution in [3.63, 3.8) is 0 Å². The summed E-state index contributed by atoms with van der Waals surface area (Å²) in [5, 5.41) is 10.5. The minimum absolute atomic E-state index is 0.00625. The molecule has 0 saturated heterocycles. The summed E-state index contributed by atoms with van der Waals surface area (Å²) in [4.78, 5) is 26.6. The number of benzene rings is 2. The third kappa shape index (κ3) is 5.21. The molecule has 3 rings (SSSR count). The van der Waals surface area contributed by atoms with Crippen LogP contribution in [0.5, 0.6) is 5.75 Å². The molecule has 1 heterocycles. The molecule has 0 bridgehead atoms. The standard InChI is InChI=1S/C25H22Cl2N2O3/c1-3-4-11-29-24(30)21(16(2)22(14-28)25(29)31)12-17-5-9-20(10-6-17)32-15-18-7-8-19(26)13-23(18)27/h5-10,12-13H,3-4,11,15H2,1-2H3/b21-12+. The van der Waals surface area contributed by atoms with Gasteiger partial charge in [-0.1, -0.05) is 54.7 Å². The highest BCUT2D eigenvalue weighted by atomic mass is 35.5. The Morgan fingerprint density at radius 2 is 1.81 bits per heavy atom. The Balaban J connectivity index is 1.80. The van der Waals surface area contributed by atoms with Gasteiger partial charge in [0.15, 0.2) is 0 Å². The van der Waals surface area contributed by atoms with Gasteiger partial charge in [0, 0.05) is 27.7 Å². The van der Waals surface area contributed by atoms with E-state index in [0.29, 0.717) is 39.9 Å². The molecule has 5 nitrogen and oxygen atoms in total. The quantitative estimate of drug-likeness (QED) is 0.370. The zero-order valence-electron chi connectivity index (χ0n) is 17.8. The van der Waals surface area contributed by atoms with Gasteiger partial charge in [-0.2, -0.15) is 5.26 Å². The Hall–Kier alpha value is -3.07. The lowest BCUT2D eigenvalue weighted by molar-refractivity contribution is -0.140. The first-order valence-electron chi connectivity index (χ1n) is 10.2. The van der Waals surface area contributed by atoms with E-state index >= 15 is 0 Å². The van der Waals surface area contributed by atoms with Crippen LogP contribution in [0, 0.1) is 11.3 Å². The number of imide groups is 1. The van der Waals surface area contributed by atoms with Gasteiger partial charge in [-0.25, -0.2) is 0 Å². The number of nitrogens with zero attached hydrogens (tertiary/aromatic N) is 2. The number of carbonyl (C=O) groups excluding carboxylic acids is 2. The lowest BCUT2D eigenvalue weighted by Gasteiger charge is -2.27. The van der Waals surface area contributed by atoms with Crippen LogP contribution >= 0.6 is 23.2 Å². The minimum atomic E-state index is -0.523. The van der Waals surface area contributed by atoms with E-state index in [-0.39, 0.29) is 18.1 Å². The normalized spacial score (nSPS) is 15.3. The highest BCUT2D eigenvalue weighted by molar-refractivity contribution is 6.35. The number of hydrogen-bond acceptors (Lipinski definition) is 4. The number of amides is 2. The molecular formula is C25H22Cl2N2O3. The fourth-order valence-corrected chi connectivity index (χ4v) is 3.74. The van der Waals surface area contributed by atoms with Crippen LogP contribution in [0.25, 0.3) is 6.08 Å². The number of rotatable bonds is 7. The third-order valence-corrected chi connectivity index (χ3v) is 5.75. The molecule has 2 aromatic rings. The van der Waals surface area contributed by atoms with Crippen molar-refractivity contribution in [1.29, 1.82) is 5.26 Å². The van der Waals surface area contributed by atoms with Crippen molar-refractivity contribution in [3.8, 4) is 11.8 Å². The second-order valence-corrected chi connectivity index (χ2v) is 8.22. The van der Waals surface area contributed by atoms with E-state index in [1.54, 1.807) is 37.3 Å². The molecule has 1 aliphatic heterocycles. The molecule has 7 heteroatoms. The molecule has 164 valence electrons. The molecule has 0 fully saturated rings. The Morgan fingerprint density at radius 3 is 2.44 bits per heavy atom. The Bertz CT molecular complexity index is 1140. The lowest BCUT2D eigenvalue weighted by Crippen LogP contribution is -2.43. The van der Waals surface area contributed by atoms with Crippen LogP contribution < -0.4 is 4.74 Å². The van der Waals surface area contributed by atoms with E-state index in [9.17, 15) is 14.9 Å². The second kappa shape index (κ2) is 10.5. The average Bonchev–Trinajstić information content (AvgIpc) is 2.77. The molecule has 0 aromatic heterocycles.